The van der Waals surface area contributed by atoms with Gasteiger partial charge in [-0.05, 0) is 59.7 Å². The molecule has 1 aliphatic carbocycles. The molecule has 0 unspecified atom stereocenters. The van der Waals surface area contributed by atoms with Gasteiger partial charge in [-0.1, -0.05) is 0 Å². The first-order valence-corrected chi connectivity index (χ1v) is 7.06. The van der Waals surface area contributed by atoms with Crippen molar-refractivity contribution < 1.29 is 9.59 Å². The first kappa shape index (κ1) is 13.3. The van der Waals surface area contributed by atoms with Gasteiger partial charge in [0, 0.05) is 28.1 Å². The molecule has 1 aromatic carbocycles. The fourth-order valence-electron chi connectivity index (χ4n) is 1.52. The summed E-state index contributed by atoms with van der Waals surface area (Å²) in [5.74, 6) is -0.119. The quantitative estimate of drug-likeness (QED) is 0.788. The predicted molar refractivity (Wildman–Crippen MR) is 77.3 cm³/mol. The molecule has 0 saturated heterocycles. The van der Waals surface area contributed by atoms with E-state index in [-0.39, 0.29) is 11.8 Å². The van der Waals surface area contributed by atoms with Crippen LogP contribution in [0.5, 0.6) is 0 Å². The largest absolute Gasteiger partial charge is 0.353 e. The van der Waals surface area contributed by atoms with Gasteiger partial charge in [-0.2, -0.15) is 0 Å². The standard InChI is InChI=1S/C13H15IN2O2/c14-10-3-1-9(2-4-10)13(18)15-8-7-12(17)16-11-5-6-11/h1-4,11H,5-8H2,(H,15,18)(H,16,17). The SMILES string of the molecule is O=C(CCNC(=O)c1ccc(I)cc1)NC1CC1. The minimum Gasteiger partial charge on any atom is -0.353 e. The molecule has 1 aromatic rings. The zero-order valence-electron chi connectivity index (χ0n) is 9.91. The summed E-state index contributed by atoms with van der Waals surface area (Å²) in [6, 6.07) is 7.71. The van der Waals surface area contributed by atoms with E-state index in [9.17, 15) is 9.59 Å². The van der Waals surface area contributed by atoms with Gasteiger partial charge >= 0.3 is 0 Å². The summed E-state index contributed by atoms with van der Waals surface area (Å²) < 4.78 is 1.09. The van der Waals surface area contributed by atoms with Gasteiger partial charge in [0.25, 0.3) is 5.91 Å². The average Bonchev–Trinajstić information content (AvgIpc) is 3.13. The second-order valence-corrected chi connectivity index (χ2v) is 5.60. The van der Waals surface area contributed by atoms with Gasteiger partial charge in [-0.15, -0.1) is 0 Å². The molecule has 0 bridgehead atoms. The highest BCUT2D eigenvalue weighted by Crippen LogP contribution is 2.18. The maximum Gasteiger partial charge on any atom is 0.251 e. The van der Waals surface area contributed by atoms with Crippen LogP contribution in [0.3, 0.4) is 0 Å². The first-order valence-electron chi connectivity index (χ1n) is 5.98. The van der Waals surface area contributed by atoms with Crippen molar-refractivity contribution >= 4 is 34.4 Å². The van der Waals surface area contributed by atoms with E-state index in [1.165, 1.54) is 0 Å². The van der Waals surface area contributed by atoms with Crippen molar-refractivity contribution in [3.05, 3.63) is 33.4 Å². The third kappa shape index (κ3) is 4.29. The molecule has 0 atom stereocenters. The van der Waals surface area contributed by atoms with E-state index in [4.69, 9.17) is 0 Å². The van der Waals surface area contributed by atoms with E-state index in [1.54, 1.807) is 12.1 Å². The lowest BCUT2D eigenvalue weighted by atomic mass is 10.2. The van der Waals surface area contributed by atoms with E-state index < -0.39 is 0 Å². The third-order valence-electron chi connectivity index (χ3n) is 2.69. The van der Waals surface area contributed by atoms with Crippen LogP contribution in [0.15, 0.2) is 24.3 Å². The van der Waals surface area contributed by atoms with Crippen molar-refractivity contribution in [2.24, 2.45) is 0 Å². The van der Waals surface area contributed by atoms with Crippen LogP contribution in [0.25, 0.3) is 0 Å². The van der Waals surface area contributed by atoms with Crippen LogP contribution < -0.4 is 10.6 Å². The average molecular weight is 358 g/mol. The summed E-state index contributed by atoms with van der Waals surface area (Å²) in [4.78, 5) is 23.1. The molecule has 5 heteroatoms. The van der Waals surface area contributed by atoms with E-state index in [0.717, 1.165) is 16.4 Å². The summed E-state index contributed by atoms with van der Waals surface area (Å²) >= 11 is 2.19. The molecule has 2 rings (SSSR count). The lowest BCUT2D eigenvalue weighted by Gasteiger charge is -2.06. The molecule has 18 heavy (non-hydrogen) atoms. The van der Waals surface area contributed by atoms with Gasteiger partial charge in [-0.25, -0.2) is 0 Å². The molecule has 0 radical (unpaired) electrons. The molecule has 2 amide bonds. The van der Waals surface area contributed by atoms with E-state index in [0.29, 0.717) is 24.6 Å². The summed E-state index contributed by atoms with van der Waals surface area (Å²) in [6.07, 6.45) is 2.51. The molecule has 1 aliphatic rings. The molecule has 1 fully saturated rings. The molecule has 2 N–H and O–H groups in total. The minimum atomic E-state index is -0.134. The van der Waals surface area contributed by atoms with Crippen LogP contribution >= 0.6 is 22.6 Å². The second kappa shape index (κ2) is 6.17. The maximum absolute atomic E-state index is 11.7. The number of benzene rings is 1. The van der Waals surface area contributed by atoms with Gasteiger partial charge < -0.3 is 10.6 Å². The van der Waals surface area contributed by atoms with Crippen molar-refractivity contribution in [2.75, 3.05) is 6.54 Å². The van der Waals surface area contributed by atoms with Gasteiger partial charge in [0.15, 0.2) is 0 Å². The topological polar surface area (TPSA) is 58.2 Å². The number of rotatable bonds is 5. The minimum absolute atomic E-state index is 0.0143. The van der Waals surface area contributed by atoms with Crippen LogP contribution in [-0.2, 0) is 4.79 Å². The molecular weight excluding hydrogens is 343 g/mol. The van der Waals surface area contributed by atoms with Crippen LogP contribution in [-0.4, -0.2) is 24.4 Å². The number of hydrogen-bond acceptors (Lipinski definition) is 2. The van der Waals surface area contributed by atoms with E-state index in [2.05, 4.69) is 33.2 Å². The Morgan fingerprint density at radius 3 is 2.50 bits per heavy atom. The first-order chi connectivity index (χ1) is 8.65. The van der Waals surface area contributed by atoms with Crippen LogP contribution in [0, 0.1) is 3.57 Å². The van der Waals surface area contributed by atoms with Gasteiger partial charge in [0.1, 0.15) is 0 Å². The highest BCUT2D eigenvalue weighted by molar-refractivity contribution is 14.1. The Morgan fingerprint density at radius 1 is 1.22 bits per heavy atom. The summed E-state index contributed by atoms with van der Waals surface area (Å²) in [5, 5.41) is 5.62. The number of nitrogens with one attached hydrogen (secondary N) is 2. The van der Waals surface area contributed by atoms with Gasteiger partial charge in [-0.3, -0.25) is 9.59 Å². The molecule has 1 saturated carbocycles. The maximum atomic E-state index is 11.7. The molecule has 4 nitrogen and oxygen atoms in total. The normalized spacial score (nSPS) is 14.1. The van der Waals surface area contributed by atoms with E-state index >= 15 is 0 Å². The molecule has 0 aromatic heterocycles. The highest BCUT2D eigenvalue weighted by Gasteiger charge is 2.22. The zero-order valence-corrected chi connectivity index (χ0v) is 12.1. The smallest absolute Gasteiger partial charge is 0.251 e. The molecule has 96 valence electrons. The monoisotopic (exact) mass is 358 g/mol. The number of carbonyl (C=O) groups is 2. The van der Waals surface area contributed by atoms with Crippen molar-refractivity contribution in [3.63, 3.8) is 0 Å². The molecule has 0 heterocycles. The number of carbonyl (C=O) groups excluding carboxylic acids is 2. The Labute approximate surface area is 120 Å². The Bertz CT molecular complexity index is 441. The van der Waals surface area contributed by atoms with E-state index in [1.807, 2.05) is 12.1 Å². The summed E-state index contributed by atoms with van der Waals surface area (Å²) in [7, 11) is 0. The zero-order chi connectivity index (χ0) is 13.0. The number of amides is 2. The Morgan fingerprint density at radius 2 is 1.89 bits per heavy atom. The van der Waals surface area contributed by atoms with Crippen LogP contribution in [0.2, 0.25) is 0 Å². The molecule has 0 spiro atoms. The Balaban J connectivity index is 1.70. The van der Waals surface area contributed by atoms with Crippen LogP contribution in [0.4, 0.5) is 0 Å². The Hall–Kier alpha value is -1.11. The summed E-state index contributed by atoms with van der Waals surface area (Å²) in [6.45, 7) is 0.378. The number of halogens is 1. The lowest BCUT2D eigenvalue weighted by Crippen LogP contribution is -2.31. The van der Waals surface area contributed by atoms with Crippen molar-refractivity contribution in [1.29, 1.82) is 0 Å². The fourth-order valence-corrected chi connectivity index (χ4v) is 1.88. The van der Waals surface area contributed by atoms with Crippen molar-refractivity contribution in [3.8, 4) is 0 Å². The lowest BCUT2D eigenvalue weighted by molar-refractivity contribution is -0.121. The Kier molecular flexibility index (Phi) is 4.57. The van der Waals surface area contributed by atoms with Crippen molar-refractivity contribution in [1.82, 2.24) is 10.6 Å². The number of hydrogen-bond donors (Lipinski definition) is 2. The van der Waals surface area contributed by atoms with Crippen molar-refractivity contribution in [2.45, 2.75) is 25.3 Å². The van der Waals surface area contributed by atoms with Crippen LogP contribution in [0.1, 0.15) is 29.6 Å². The molecular formula is C13H15IN2O2. The fraction of sp³-hybridized carbons (Fsp3) is 0.385. The molecule has 0 aliphatic heterocycles. The predicted octanol–water partition coefficient (Wildman–Crippen LogP) is 1.69. The van der Waals surface area contributed by atoms with Gasteiger partial charge in [0.05, 0.1) is 0 Å². The third-order valence-corrected chi connectivity index (χ3v) is 3.41. The highest BCUT2D eigenvalue weighted by atomic mass is 127. The van der Waals surface area contributed by atoms with Gasteiger partial charge in [0.2, 0.25) is 5.91 Å². The summed E-state index contributed by atoms with van der Waals surface area (Å²) in [5.41, 5.74) is 0.623. The second-order valence-electron chi connectivity index (χ2n) is 4.35.